The van der Waals surface area contributed by atoms with E-state index in [4.69, 9.17) is 9.47 Å². The van der Waals surface area contributed by atoms with E-state index in [-0.39, 0.29) is 0 Å². The molecule has 0 bridgehead atoms. The number of rotatable bonds is 4. The number of aryl methyl sites for hydroxylation is 1. The lowest BCUT2D eigenvalue weighted by Gasteiger charge is -2.05. The van der Waals surface area contributed by atoms with Crippen molar-refractivity contribution in [2.75, 3.05) is 14.2 Å². The molecule has 0 aliphatic heterocycles. The van der Waals surface area contributed by atoms with Crippen LogP contribution in [0.2, 0.25) is 0 Å². The van der Waals surface area contributed by atoms with Crippen molar-refractivity contribution in [1.82, 2.24) is 4.57 Å². The lowest BCUT2D eigenvalue weighted by atomic mass is 10.00. The Kier molecular flexibility index (Phi) is 6.18. The molecule has 0 aliphatic rings. The highest BCUT2D eigenvalue weighted by atomic mass is 16.5. The molecular formula is C29H29NO2. The van der Waals surface area contributed by atoms with Crippen LogP contribution in [-0.4, -0.2) is 18.8 Å². The monoisotopic (exact) mass is 423 g/mol. The molecule has 3 heteroatoms. The third kappa shape index (κ3) is 3.82. The first-order valence-corrected chi connectivity index (χ1v) is 11.0. The van der Waals surface area contributed by atoms with Crippen LogP contribution in [0.15, 0.2) is 84.9 Å². The Bertz CT molecular complexity index is 1240. The number of ether oxygens (including phenoxy) is 2. The second kappa shape index (κ2) is 9.19. The third-order valence-electron chi connectivity index (χ3n) is 5.85. The lowest BCUT2D eigenvalue weighted by Crippen LogP contribution is -1.87. The molecule has 0 aliphatic carbocycles. The minimum absolute atomic E-state index is 0.870. The zero-order chi connectivity index (χ0) is 22.7. The van der Waals surface area contributed by atoms with Crippen molar-refractivity contribution in [2.24, 2.45) is 7.05 Å². The van der Waals surface area contributed by atoms with Gasteiger partial charge >= 0.3 is 0 Å². The number of hydrogen-bond acceptors (Lipinski definition) is 2. The molecule has 162 valence electrons. The fraction of sp³-hybridized carbons (Fsp3) is 0.172. The highest BCUT2D eigenvalue weighted by molar-refractivity contribution is 6.10. The van der Waals surface area contributed by atoms with E-state index in [2.05, 4.69) is 72.3 Å². The second-order valence-electron chi connectivity index (χ2n) is 7.48. The van der Waals surface area contributed by atoms with Crippen molar-refractivity contribution in [3.05, 3.63) is 84.9 Å². The predicted octanol–water partition coefficient (Wildman–Crippen LogP) is 7.71. The Hall–Kier alpha value is -3.72. The molecule has 0 saturated carbocycles. The van der Waals surface area contributed by atoms with Crippen molar-refractivity contribution < 1.29 is 9.47 Å². The Morgan fingerprint density at radius 2 is 0.844 bits per heavy atom. The number of aromatic nitrogens is 1. The van der Waals surface area contributed by atoms with E-state index in [1.165, 1.54) is 44.1 Å². The molecule has 5 aromatic rings. The molecule has 5 rings (SSSR count). The largest absolute Gasteiger partial charge is 0.497 e. The first-order valence-electron chi connectivity index (χ1n) is 11.0. The van der Waals surface area contributed by atoms with Crippen molar-refractivity contribution >= 4 is 21.8 Å². The van der Waals surface area contributed by atoms with Gasteiger partial charge in [-0.25, -0.2) is 0 Å². The van der Waals surface area contributed by atoms with Gasteiger partial charge in [0.05, 0.1) is 14.2 Å². The van der Waals surface area contributed by atoms with Crippen molar-refractivity contribution in [1.29, 1.82) is 0 Å². The van der Waals surface area contributed by atoms with Gasteiger partial charge in [0.1, 0.15) is 11.5 Å². The molecule has 1 heterocycles. The summed E-state index contributed by atoms with van der Waals surface area (Å²) in [6, 6.07) is 29.8. The van der Waals surface area contributed by atoms with Crippen LogP contribution >= 0.6 is 0 Å². The van der Waals surface area contributed by atoms with Crippen LogP contribution < -0.4 is 9.47 Å². The summed E-state index contributed by atoms with van der Waals surface area (Å²) >= 11 is 0. The number of benzene rings is 4. The Labute approximate surface area is 189 Å². The van der Waals surface area contributed by atoms with Gasteiger partial charge in [0.2, 0.25) is 0 Å². The minimum atomic E-state index is 0.870. The SMILES string of the molecule is CC.COc1ccc(-c2ccc3c(c2)c2cc(-c4ccc(OC)cc4)ccc2n3C)cc1. The average Bonchev–Trinajstić information content (AvgIpc) is 3.16. The van der Waals surface area contributed by atoms with Gasteiger partial charge in [-0.15, -0.1) is 0 Å². The quantitative estimate of drug-likeness (QED) is 0.295. The summed E-state index contributed by atoms with van der Waals surface area (Å²) < 4.78 is 12.9. The molecule has 0 amide bonds. The Morgan fingerprint density at radius 3 is 1.19 bits per heavy atom. The Balaban J connectivity index is 0.00000119. The smallest absolute Gasteiger partial charge is 0.118 e. The molecule has 0 fully saturated rings. The standard InChI is InChI=1S/C27H23NO2.C2H6/c1-28-26-14-8-20(18-4-10-22(29-2)11-5-18)16-24(26)25-17-21(9-15-27(25)28)19-6-12-23(30-3)13-7-19;1-2/h4-17H,1-3H3;1-2H3. The molecule has 0 unspecified atom stereocenters. The van der Waals surface area contributed by atoms with E-state index >= 15 is 0 Å². The molecule has 3 nitrogen and oxygen atoms in total. The van der Waals surface area contributed by atoms with Gasteiger partial charge in [0.25, 0.3) is 0 Å². The maximum atomic E-state index is 5.29. The molecule has 0 spiro atoms. The lowest BCUT2D eigenvalue weighted by molar-refractivity contribution is 0.415. The molecule has 4 aromatic carbocycles. The van der Waals surface area contributed by atoms with E-state index < -0.39 is 0 Å². The summed E-state index contributed by atoms with van der Waals surface area (Å²) in [5, 5.41) is 2.52. The van der Waals surface area contributed by atoms with E-state index in [0.717, 1.165) is 11.5 Å². The van der Waals surface area contributed by atoms with Crippen molar-refractivity contribution in [2.45, 2.75) is 13.8 Å². The zero-order valence-corrected chi connectivity index (χ0v) is 19.3. The first-order chi connectivity index (χ1) is 15.7. The fourth-order valence-electron chi connectivity index (χ4n) is 4.14. The van der Waals surface area contributed by atoms with E-state index in [0.29, 0.717) is 0 Å². The van der Waals surface area contributed by atoms with E-state index in [1.54, 1.807) is 14.2 Å². The molecule has 1 aromatic heterocycles. The molecular weight excluding hydrogens is 394 g/mol. The summed E-state index contributed by atoms with van der Waals surface area (Å²) in [7, 11) is 5.51. The third-order valence-corrected chi connectivity index (χ3v) is 5.85. The minimum Gasteiger partial charge on any atom is -0.497 e. The van der Waals surface area contributed by atoms with Gasteiger partial charge in [0, 0.05) is 28.9 Å². The van der Waals surface area contributed by atoms with Gasteiger partial charge < -0.3 is 14.0 Å². The highest BCUT2D eigenvalue weighted by Gasteiger charge is 2.11. The summed E-state index contributed by atoms with van der Waals surface area (Å²) in [6.07, 6.45) is 0. The highest BCUT2D eigenvalue weighted by Crippen LogP contribution is 2.35. The van der Waals surface area contributed by atoms with Crippen LogP contribution in [0.4, 0.5) is 0 Å². The number of methoxy groups -OCH3 is 2. The summed E-state index contributed by atoms with van der Waals surface area (Å²) in [4.78, 5) is 0. The molecule has 0 radical (unpaired) electrons. The van der Waals surface area contributed by atoms with Crippen LogP contribution in [0.5, 0.6) is 11.5 Å². The van der Waals surface area contributed by atoms with Gasteiger partial charge in [-0.05, 0) is 70.8 Å². The molecule has 0 saturated heterocycles. The summed E-state index contributed by atoms with van der Waals surface area (Å²) in [6.45, 7) is 4.00. The van der Waals surface area contributed by atoms with Crippen LogP contribution in [0.3, 0.4) is 0 Å². The predicted molar refractivity (Wildman–Crippen MR) is 136 cm³/mol. The number of fused-ring (bicyclic) bond motifs is 3. The number of nitrogens with zero attached hydrogens (tertiary/aromatic N) is 1. The van der Waals surface area contributed by atoms with E-state index in [9.17, 15) is 0 Å². The maximum Gasteiger partial charge on any atom is 0.118 e. The van der Waals surface area contributed by atoms with Gasteiger partial charge in [0.15, 0.2) is 0 Å². The van der Waals surface area contributed by atoms with Crippen molar-refractivity contribution in [3.63, 3.8) is 0 Å². The second-order valence-corrected chi connectivity index (χ2v) is 7.48. The van der Waals surface area contributed by atoms with Gasteiger partial charge in [-0.3, -0.25) is 0 Å². The normalized spacial score (nSPS) is 10.7. The van der Waals surface area contributed by atoms with Gasteiger partial charge in [-0.1, -0.05) is 50.2 Å². The maximum absolute atomic E-state index is 5.29. The average molecular weight is 424 g/mol. The summed E-state index contributed by atoms with van der Waals surface area (Å²) in [5.41, 5.74) is 7.23. The number of hydrogen-bond donors (Lipinski definition) is 0. The zero-order valence-electron chi connectivity index (χ0n) is 19.3. The summed E-state index contributed by atoms with van der Waals surface area (Å²) in [5.74, 6) is 1.74. The topological polar surface area (TPSA) is 23.4 Å². The molecule has 0 N–H and O–H groups in total. The van der Waals surface area contributed by atoms with Crippen LogP contribution in [0, 0.1) is 0 Å². The Morgan fingerprint density at radius 1 is 0.500 bits per heavy atom. The van der Waals surface area contributed by atoms with Crippen LogP contribution in [-0.2, 0) is 7.05 Å². The van der Waals surface area contributed by atoms with Crippen LogP contribution in [0.1, 0.15) is 13.8 Å². The van der Waals surface area contributed by atoms with Crippen molar-refractivity contribution in [3.8, 4) is 33.8 Å². The van der Waals surface area contributed by atoms with E-state index in [1.807, 2.05) is 38.1 Å². The fourth-order valence-corrected chi connectivity index (χ4v) is 4.14. The molecule has 32 heavy (non-hydrogen) atoms. The van der Waals surface area contributed by atoms with Gasteiger partial charge in [-0.2, -0.15) is 0 Å². The van der Waals surface area contributed by atoms with Crippen LogP contribution in [0.25, 0.3) is 44.1 Å². The molecule has 0 atom stereocenters. The first kappa shape index (κ1) is 21.5.